The zero-order valence-electron chi connectivity index (χ0n) is 9.77. The largest absolute Gasteiger partial charge is 0.431 e. The van der Waals surface area contributed by atoms with Gasteiger partial charge in [-0.15, -0.1) is 0 Å². The Hall–Kier alpha value is -2.36. The standard InChI is InChI=1S/C14H11NO3/c1-8-6-7-9-4-2-3-5-10(9)11(8)12-13(16)15-14(17)18-12/h2-7,12H,1H3,(H,15,16,17). The molecule has 18 heavy (non-hydrogen) atoms. The number of fused-ring (bicyclic) bond motifs is 1. The average Bonchev–Trinajstić information content (AvgIpc) is 2.68. The quantitative estimate of drug-likeness (QED) is 0.834. The Bertz CT molecular complexity index is 663. The third kappa shape index (κ3) is 1.54. The van der Waals surface area contributed by atoms with Crippen molar-refractivity contribution in [3.63, 3.8) is 0 Å². The van der Waals surface area contributed by atoms with Gasteiger partial charge in [-0.1, -0.05) is 36.4 Å². The number of aryl methyl sites for hydroxylation is 1. The first-order valence-electron chi connectivity index (χ1n) is 5.66. The molecule has 0 bridgehead atoms. The predicted octanol–water partition coefficient (Wildman–Crippen LogP) is 2.46. The van der Waals surface area contributed by atoms with Crippen LogP contribution in [0.25, 0.3) is 10.8 Å². The molecule has 2 amide bonds. The molecule has 3 rings (SSSR count). The van der Waals surface area contributed by atoms with E-state index in [9.17, 15) is 9.59 Å². The topological polar surface area (TPSA) is 55.4 Å². The molecule has 0 aromatic heterocycles. The second-order valence-corrected chi connectivity index (χ2v) is 4.29. The van der Waals surface area contributed by atoms with Gasteiger partial charge in [0.2, 0.25) is 6.10 Å². The van der Waals surface area contributed by atoms with Crippen molar-refractivity contribution in [2.24, 2.45) is 0 Å². The van der Waals surface area contributed by atoms with Gasteiger partial charge in [-0.3, -0.25) is 10.1 Å². The SMILES string of the molecule is Cc1ccc2ccccc2c1C1OC(=O)NC1=O. The van der Waals surface area contributed by atoms with Gasteiger partial charge in [0.15, 0.2) is 0 Å². The Morgan fingerprint density at radius 2 is 1.89 bits per heavy atom. The molecule has 4 heteroatoms. The fourth-order valence-corrected chi connectivity index (χ4v) is 2.30. The molecule has 0 saturated carbocycles. The number of ether oxygens (including phenoxy) is 1. The minimum Gasteiger partial charge on any atom is -0.431 e. The third-order valence-corrected chi connectivity index (χ3v) is 3.14. The molecule has 1 atom stereocenters. The summed E-state index contributed by atoms with van der Waals surface area (Å²) in [5, 5.41) is 4.12. The fourth-order valence-electron chi connectivity index (χ4n) is 2.30. The van der Waals surface area contributed by atoms with E-state index in [2.05, 4.69) is 5.32 Å². The van der Waals surface area contributed by atoms with Crippen molar-refractivity contribution in [1.29, 1.82) is 0 Å². The number of benzene rings is 2. The second-order valence-electron chi connectivity index (χ2n) is 4.29. The van der Waals surface area contributed by atoms with Crippen LogP contribution in [0.2, 0.25) is 0 Å². The summed E-state index contributed by atoms with van der Waals surface area (Å²) < 4.78 is 5.05. The monoisotopic (exact) mass is 241 g/mol. The molecule has 0 radical (unpaired) electrons. The van der Waals surface area contributed by atoms with Gasteiger partial charge in [0.05, 0.1) is 0 Å². The molecule has 90 valence electrons. The van der Waals surface area contributed by atoms with Gasteiger partial charge in [0, 0.05) is 5.56 Å². The average molecular weight is 241 g/mol. The lowest BCUT2D eigenvalue weighted by Crippen LogP contribution is -2.20. The maximum atomic E-state index is 11.7. The van der Waals surface area contributed by atoms with Crippen molar-refractivity contribution in [3.05, 3.63) is 47.5 Å². The molecule has 1 saturated heterocycles. The first kappa shape index (κ1) is 10.8. The van der Waals surface area contributed by atoms with Crippen molar-refractivity contribution in [2.75, 3.05) is 0 Å². The lowest BCUT2D eigenvalue weighted by Gasteiger charge is -2.13. The van der Waals surface area contributed by atoms with E-state index >= 15 is 0 Å². The van der Waals surface area contributed by atoms with E-state index < -0.39 is 18.1 Å². The Morgan fingerprint density at radius 3 is 2.61 bits per heavy atom. The summed E-state index contributed by atoms with van der Waals surface area (Å²) in [5.41, 5.74) is 1.69. The van der Waals surface area contributed by atoms with Gasteiger partial charge in [-0.05, 0) is 23.3 Å². The second kappa shape index (κ2) is 3.84. The summed E-state index contributed by atoms with van der Waals surface area (Å²) in [6.45, 7) is 1.90. The smallest absolute Gasteiger partial charge is 0.415 e. The number of hydrogen-bond acceptors (Lipinski definition) is 3. The van der Waals surface area contributed by atoms with E-state index in [4.69, 9.17) is 4.74 Å². The Kier molecular flexibility index (Phi) is 2.30. The Labute approximate surface area is 104 Å². The van der Waals surface area contributed by atoms with Crippen LogP contribution in [-0.2, 0) is 9.53 Å². The van der Waals surface area contributed by atoms with Crippen molar-refractivity contribution in [1.82, 2.24) is 5.32 Å². The van der Waals surface area contributed by atoms with Crippen molar-refractivity contribution < 1.29 is 14.3 Å². The summed E-state index contributed by atoms with van der Waals surface area (Å²) in [4.78, 5) is 22.9. The minimum absolute atomic E-state index is 0.403. The molecule has 1 aliphatic rings. The number of imide groups is 1. The molecule has 0 aliphatic carbocycles. The van der Waals surface area contributed by atoms with Crippen LogP contribution >= 0.6 is 0 Å². The molecular formula is C14H11NO3. The highest BCUT2D eigenvalue weighted by atomic mass is 16.6. The first-order valence-corrected chi connectivity index (χ1v) is 5.66. The minimum atomic E-state index is -0.844. The summed E-state index contributed by atoms with van der Waals surface area (Å²) >= 11 is 0. The number of rotatable bonds is 1. The van der Waals surface area contributed by atoms with Gasteiger partial charge >= 0.3 is 6.09 Å². The predicted molar refractivity (Wildman–Crippen MR) is 66.0 cm³/mol. The molecule has 2 aromatic carbocycles. The van der Waals surface area contributed by atoms with E-state index in [-0.39, 0.29) is 0 Å². The fraction of sp³-hybridized carbons (Fsp3) is 0.143. The normalized spacial score (nSPS) is 18.8. The highest BCUT2D eigenvalue weighted by Gasteiger charge is 2.35. The van der Waals surface area contributed by atoms with Gasteiger partial charge in [0.25, 0.3) is 5.91 Å². The molecule has 1 N–H and O–H groups in total. The number of alkyl carbamates (subject to hydrolysis) is 1. The van der Waals surface area contributed by atoms with Crippen molar-refractivity contribution >= 4 is 22.8 Å². The van der Waals surface area contributed by atoms with Crippen LogP contribution < -0.4 is 5.32 Å². The first-order chi connectivity index (χ1) is 8.66. The molecule has 1 fully saturated rings. The number of hydrogen-bond donors (Lipinski definition) is 1. The van der Waals surface area contributed by atoms with Crippen molar-refractivity contribution in [3.8, 4) is 0 Å². The molecule has 1 unspecified atom stereocenters. The number of nitrogens with one attached hydrogen (secondary N) is 1. The van der Waals surface area contributed by atoms with Gasteiger partial charge in [-0.25, -0.2) is 4.79 Å². The van der Waals surface area contributed by atoms with E-state index in [0.717, 1.165) is 21.9 Å². The lowest BCUT2D eigenvalue weighted by molar-refractivity contribution is -0.123. The summed E-state index contributed by atoms with van der Waals surface area (Å²) in [7, 11) is 0. The lowest BCUT2D eigenvalue weighted by atomic mass is 9.95. The molecule has 1 heterocycles. The van der Waals surface area contributed by atoms with Crippen LogP contribution in [0.4, 0.5) is 4.79 Å². The van der Waals surface area contributed by atoms with Gasteiger partial charge in [-0.2, -0.15) is 0 Å². The number of carbonyl (C=O) groups is 2. The van der Waals surface area contributed by atoms with Gasteiger partial charge < -0.3 is 4.74 Å². The van der Waals surface area contributed by atoms with E-state index in [1.54, 1.807) is 0 Å². The molecule has 0 spiro atoms. The van der Waals surface area contributed by atoms with Crippen LogP contribution in [0.15, 0.2) is 36.4 Å². The summed E-state index contributed by atoms with van der Waals surface area (Å²) in [5.74, 6) is -0.403. The zero-order chi connectivity index (χ0) is 12.7. The van der Waals surface area contributed by atoms with Gasteiger partial charge in [0.1, 0.15) is 0 Å². The zero-order valence-corrected chi connectivity index (χ0v) is 9.77. The summed E-state index contributed by atoms with van der Waals surface area (Å²) in [6.07, 6.45) is -1.53. The maximum absolute atomic E-state index is 11.7. The van der Waals surface area contributed by atoms with Crippen LogP contribution in [0, 0.1) is 6.92 Å². The molecule has 1 aliphatic heterocycles. The van der Waals surface area contributed by atoms with E-state index in [0.29, 0.717) is 0 Å². The van der Waals surface area contributed by atoms with E-state index in [1.807, 2.05) is 43.3 Å². The Balaban J connectivity index is 2.25. The molecular weight excluding hydrogens is 230 g/mol. The van der Waals surface area contributed by atoms with Crippen LogP contribution in [0.3, 0.4) is 0 Å². The van der Waals surface area contributed by atoms with Crippen LogP contribution in [0.1, 0.15) is 17.2 Å². The number of amides is 2. The Morgan fingerprint density at radius 1 is 1.11 bits per heavy atom. The molecule has 2 aromatic rings. The highest BCUT2D eigenvalue weighted by Crippen LogP contribution is 2.31. The number of carbonyl (C=O) groups excluding carboxylic acids is 2. The molecule has 4 nitrogen and oxygen atoms in total. The number of cyclic esters (lactones) is 1. The highest BCUT2D eigenvalue weighted by molar-refractivity contribution is 6.03. The summed E-state index contributed by atoms with van der Waals surface area (Å²) in [6, 6.07) is 11.6. The van der Waals surface area contributed by atoms with Crippen LogP contribution in [0.5, 0.6) is 0 Å². The van der Waals surface area contributed by atoms with Crippen molar-refractivity contribution in [2.45, 2.75) is 13.0 Å². The van der Waals surface area contributed by atoms with E-state index in [1.165, 1.54) is 0 Å². The van der Waals surface area contributed by atoms with Crippen LogP contribution in [-0.4, -0.2) is 12.0 Å². The maximum Gasteiger partial charge on any atom is 0.415 e. The third-order valence-electron chi connectivity index (χ3n) is 3.14.